The van der Waals surface area contributed by atoms with Crippen molar-refractivity contribution in [1.29, 1.82) is 0 Å². The van der Waals surface area contributed by atoms with Gasteiger partial charge in [0.25, 0.3) is 0 Å². The number of nitrogens with one attached hydrogen (secondary N) is 1. The first kappa shape index (κ1) is 20.7. The number of sulfone groups is 1. The summed E-state index contributed by atoms with van der Waals surface area (Å²) in [7, 11) is -1.87. The molecule has 2 bridgehead atoms. The fourth-order valence-corrected chi connectivity index (χ4v) is 6.64. The van der Waals surface area contributed by atoms with E-state index >= 15 is 0 Å². The molecule has 10 nitrogen and oxygen atoms in total. The van der Waals surface area contributed by atoms with Crippen LogP contribution in [0.3, 0.4) is 0 Å². The van der Waals surface area contributed by atoms with Crippen LogP contribution in [-0.4, -0.2) is 73.6 Å². The fourth-order valence-electron chi connectivity index (χ4n) is 5.17. The lowest BCUT2D eigenvalue weighted by molar-refractivity contribution is 0.0435. The molecule has 0 spiro atoms. The summed E-state index contributed by atoms with van der Waals surface area (Å²) < 4.78 is 42.1. The first-order chi connectivity index (χ1) is 15.8. The van der Waals surface area contributed by atoms with Crippen LogP contribution in [0.1, 0.15) is 25.5 Å². The average Bonchev–Trinajstić information content (AvgIpc) is 3.26. The summed E-state index contributed by atoms with van der Waals surface area (Å²) in [5.41, 5.74) is 1.88. The zero-order valence-corrected chi connectivity index (χ0v) is 19.5. The molecule has 0 aromatic carbocycles. The van der Waals surface area contributed by atoms with Crippen molar-refractivity contribution >= 4 is 26.6 Å². The van der Waals surface area contributed by atoms with Crippen LogP contribution in [0, 0.1) is 0 Å². The standard InChI is InChI=1S/C22H25N5O5S/c1-12-11-31-7-6-27(12)20-17-18(22(33(3,28)29)8-13(9-22)32-17)25-19(26-20)15-10-24-21(30-2)16-14(15)4-5-23-16/h4-5,10,12-13,23H,6-9,11H2,1-3H3/t12-,13?,22?/m1/s1. The number of anilines is 1. The summed E-state index contributed by atoms with van der Waals surface area (Å²) in [5, 5.41) is 0.847. The van der Waals surface area contributed by atoms with Crippen LogP contribution in [-0.2, 0) is 19.3 Å². The number of H-pyrrole nitrogens is 1. The molecular weight excluding hydrogens is 446 g/mol. The summed E-state index contributed by atoms with van der Waals surface area (Å²) in [6.07, 6.45) is 5.44. The second-order valence-electron chi connectivity index (χ2n) is 9.03. The normalized spacial score (nSPS) is 26.5. The minimum absolute atomic E-state index is 0.0582. The number of hydrogen-bond acceptors (Lipinski definition) is 9. The SMILES string of the molecule is COc1ncc(-c2nc(N3CCOC[C@H]3C)c3c(n2)C2(S(C)(=O)=O)CC(C2)O3)c2cc[nH]c12. The molecule has 0 unspecified atom stereocenters. The highest BCUT2D eigenvalue weighted by molar-refractivity contribution is 7.91. The maximum Gasteiger partial charge on any atom is 0.238 e. The van der Waals surface area contributed by atoms with Gasteiger partial charge in [-0.2, -0.15) is 0 Å². The lowest BCUT2D eigenvalue weighted by Crippen LogP contribution is -2.57. The Kier molecular flexibility index (Phi) is 4.41. The molecule has 0 amide bonds. The molecule has 0 radical (unpaired) electrons. The molecule has 33 heavy (non-hydrogen) atoms. The quantitative estimate of drug-likeness (QED) is 0.609. The highest BCUT2D eigenvalue weighted by atomic mass is 32.2. The summed E-state index contributed by atoms with van der Waals surface area (Å²) in [4.78, 5) is 19.5. The van der Waals surface area contributed by atoms with Gasteiger partial charge in [0.2, 0.25) is 5.88 Å². The number of aromatic nitrogens is 4. The highest BCUT2D eigenvalue weighted by Crippen LogP contribution is 2.58. The Morgan fingerprint density at radius 3 is 2.85 bits per heavy atom. The molecule has 1 aliphatic carbocycles. The minimum Gasteiger partial charge on any atom is -0.484 e. The van der Waals surface area contributed by atoms with Crippen molar-refractivity contribution in [3.63, 3.8) is 0 Å². The van der Waals surface area contributed by atoms with Crippen LogP contribution in [0.15, 0.2) is 18.5 Å². The van der Waals surface area contributed by atoms with Crippen LogP contribution < -0.4 is 14.4 Å². The van der Waals surface area contributed by atoms with Crippen molar-refractivity contribution < 1.29 is 22.6 Å². The third kappa shape index (κ3) is 2.88. The second-order valence-corrected chi connectivity index (χ2v) is 11.4. The predicted octanol–water partition coefficient (Wildman–Crippen LogP) is 2.05. The topological polar surface area (TPSA) is 120 Å². The lowest BCUT2D eigenvalue weighted by atomic mass is 9.76. The van der Waals surface area contributed by atoms with Gasteiger partial charge in [-0.05, 0) is 13.0 Å². The molecule has 3 aliphatic heterocycles. The number of rotatable bonds is 4. The van der Waals surface area contributed by atoms with E-state index in [0.717, 1.165) is 10.9 Å². The summed E-state index contributed by atoms with van der Waals surface area (Å²) in [6, 6.07) is 1.97. The number of hydrogen-bond donors (Lipinski definition) is 1. The zero-order chi connectivity index (χ0) is 23.0. The zero-order valence-electron chi connectivity index (χ0n) is 18.7. The van der Waals surface area contributed by atoms with Gasteiger partial charge in [0.1, 0.15) is 22.1 Å². The van der Waals surface area contributed by atoms with Crippen LogP contribution in [0.25, 0.3) is 22.3 Å². The van der Waals surface area contributed by atoms with Crippen molar-refractivity contribution in [3.05, 3.63) is 24.2 Å². The largest absolute Gasteiger partial charge is 0.484 e. The predicted molar refractivity (Wildman–Crippen MR) is 121 cm³/mol. The van der Waals surface area contributed by atoms with Crippen molar-refractivity contribution in [3.8, 4) is 23.0 Å². The Hall–Kier alpha value is -2.92. The molecule has 2 fully saturated rings. The molecule has 1 atom stereocenters. The third-order valence-electron chi connectivity index (χ3n) is 7.02. The number of ether oxygens (including phenoxy) is 3. The summed E-state index contributed by atoms with van der Waals surface area (Å²) in [6.45, 7) is 3.80. The van der Waals surface area contributed by atoms with Crippen molar-refractivity contribution in [1.82, 2.24) is 19.9 Å². The maximum absolute atomic E-state index is 13.0. The Bertz CT molecular complexity index is 1360. The summed E-state index contributed by atoms with van der Waals surface area (Å²) >= 11 is 0. The lowest BCUT2D eigenvalue weighted by Gasteiger charge is -2.51. The molecule has 3 aromatic rings. The fraction of sp³-hybridized carbons (Fsp3) is 0.500. The Morgan fingerprint density at radius 1 is 1.30 bits per heavy atom. The van der Waals surface area contributed by atoms with E-state index in [-0.39, 0.29) is 12.1 Å². The first-order valence-corrected chi connectivity index (χ1v) is 12.8. The van der Waals surface area contributed by atoms with Gasteiger partial charge in [-0.15, -0.1) is 0 Å². The van der Waals surface area contributed by atoms with Gasteiger partial charge in [0, 0.05) is 49.0 Å². The molecule has 4 aliphatic rings. The van der Waals surface area contributed by atoms with Gasteiger partial charge < -0.3 is 24.1 Å². The molecule has 1 saturated heterocycles. The summed E-state index contributed by atoms with van der Waals surface area (Å²) in [5.74, 6) is 1.98. The molecular formula is C22H25N5O5S. The van der Waals surface area contributed by atoms with E-state index in [2.05, 4.69) is 21.8 Å². The number of aromatic amines is 1. The monoisotopic (exact) mass is 471 g/mol. The first-order valence-electron chi connectivity index (χ1n) is 11.0. The van der Waals surface area contributed by atoms with Crippen molar-refractivity contribution in [2.24, 2.45) is 0 Å². The molecule has 174 valence electrons. The van der Waals surface area contributed by atoms with E-state index < -0.39 is 14.6 Å². The number of nitrogens with zero attached hydrogens (tertiary/aromatic N) is 4. The minimum atomic E-state index is -3.43. The molecule has 6 heterocycles. The van der Waals surface area contributed by atoms with E-state index in [1.807, 2.05) is 6.07 Å². The van der Waals surface area contributed by atoms with E-state index in [1.54, 1.807) is 19.5 Å². The van der Waals surface area contributed by atoms with Crippen LogP contribution in [0.2, 0.25) is 0 Å². The molecule has 3 aromatic heterocycles. The van der Waals surface area contributed by atoms with Crippen LogP contribution in [0.4, 0.5) is 5.82 Å². The van der Waals surface area contributed by atoms with Gasteiger partial charge in [-0.1, -0.05) is 0 Å². The molecule has 1 N–H and O–H groups in total. The van der Waals surface area contributed by atoms with Crippen LogP contribution in [0.5, 0.6) is 11.6 Å². The average molecular weight is 472 g/mol. The second kappa shape index (κ2) is 7.04. The van der Waals surface area contributed by atoms with E-state index in [9.17, 15) is 8.42 Å². The highest BCUT2D eigenvalue weighted by Gasteiger charge is 2.61. The van der Waals surface area contributed by atoms with Crippen LogP contribution >= 0.6 is 0 Å². The number of morpholine rings is 1. The number of pyridine rings is 1. The Morgan fingerprint density at radius 2 is 2.12 bits per heavy atom. The maximum atomic E-state index is 13.0. The van der Waals surface area contributed by atoms with Crippen molar-refractivity contribution in [2.75, 3.05) is 38.0 Å². The number of methoxy groups -OCH3 is 1. The molecule has 11 heteroatoms. The smallest absolute Gasteiger partial charge is 0.238 e. The molecule has 7 rings (SSSR count). The Labute approximate surface area is 191 Å². The van der Waals surface area contributed by atoms with Gasteiger partial charge >= 0.3 is 0 Å². The van der Waals surface area contributed by atoms with Gasteiger partial charge in [0.15, 0.2) is 27.2 Å². The van der Waals surface area contributed by atoms with Crippen molar-refractivity contribution in [2.45, 2.75) is 36.7 Å². The Balaban J connectivity index is 1.62. The van der Waals surface area contributed by atoms with Gasteiger partial charge in [0.05, 0.1) is 26.4 Å². The number of fused-ring (bicyclic) bond motifs is 1. The molecule has 1 saturated carbocycles. The van der Waals surface area contributed by atoms with E-state index in [1.165, 1.54) is 6.26 Å². The third-order valence-corrected chi connectivity index (χ3v) is 8.97. The van der Waals surface area contributed by atoms with Gasteiger partial charge in [-0.25, -0.2) is 23.4 Å². The van der Waals surface area contributed by atoms with E-state index in [4.69, 9.17) is 24.2 Å². The van der Waals surface area contributed by atoms with Gasteiger partial charge in [-0.3, -0.25) is 0 Å². The van der Waals surface area contributed by atoms with E-state index in [0.29, 0.717) is 67.1 Å².